The molecular weight excluding hydrogens is 725 g/mol. The minimum Gasteiger partial charge on any atom is -0.265 e. The molecule has 0 N–H and O–H groups in total. The molecule has 0 spiro atoms. The van der Waals surface area contributed by atoms with Gasteiger partial charge in [-0.05, 0) is 179 Å². The van der Waals surface area contributed by atoms with Crippen LogP contribution in [0.4, 0.5) is 0 Å². The molecule has 0 bridgehead atoms. The van der Waals surface area contributed by atoms with Crippen molar-refractivity contribution in [3.05, 3.63) is 243 Å². The third-order valence-corrected chi connectivity index (χ3v) is 11.2. The van der Waals surface area contributed by atoms with E-state index in [2.05, 4.69) is 228 Å². The first-order chi connectivity index (χ1) is 29.7. The molecular formula is C58H40N2. The molecule has 60 heavy (non-hydrogen) atoms. The zero-order chi connectivity index (χ0) is 40.1. The Morgan fingerprint density at radius 3 is 0.717 bits per heavy atom. The zero-order valence-electron chi connectivity index (χ0n) is 33.0. The van der Waals surface area contributed by atoms with Crippen LogP contribution in [0.25, 0.3) is 100 Å². The van der Waals surface area contributed by atoms with Gasteiger partial charge in [0, 0.05) is 24.8 Å². The highest BCUT2D eigenvalue weighted by Gasteiger charge is 2.13. The summed E-state index contributed by atoms with van der Waals surface area (Å²) in [4.78, 5) is 8.58. The van der Waals surface area contributed by atoms with Gasteiger partial charge in [0.25, 0.3) is 0 Å². The number of pyridine rings is 2. The fourth-order valence-corrected chi connectivity index (χ4v) is 8.10. The Morgan fingerprint density at radius 2 is 0.350 bits per heavy atom. The average molecular weight is 765 g/mol. The lowest BCUT2D eigenvalue weighted by Crippen LogP contribution is -1.90. The van der Waals surface area contributed by atoms with Crippen LogP contribution < -0.4 is 0 Å². The Balaban J connectivity index is 1.02. The van der Waals surface area contributed by atoms with Gasteiger partial charge in [0.1, 0.15) is 0 Å². The van der Waals surface area contributed by atoms with Gasteiger partial charge in [-0.15, -0.1) is 0 Å². The molecule has 0 radical (unpaired) electrons. The number of hydrogen-bond donors (Lipinski definition) is 0. The summed E-state index contributed by atoms with van der Waals surface area (Å²) >= 11 is 0. The first-order valence-corrected chi connectivity index (χ1v) is 20.3. The highest BCUT2D eigenvalue weighted by Crippen LogP contribution is 2.39. The summed E-state index contributed by atoms with van der Waals surface area (Å²) in [6.07, 6.45) is 7.42. The molecule has 2 heterocycles. The third kappa shape index (κ3) is 7.83. The standard InChI is InChI=1S/C58H40N2/c1-3-10-41(11-4-1)43-20-22-44(23-21-43)47-14-7-15-48(32-47)49-16-8-17-50(33-49)51-18-9-19-52(34-51)56-36-53(42-12-5-2-6-13-42)37-58(40-56)57-38-54(45-24-28-59-29-25-45)35-55(39-57)46-26-30-60-31-27-46/h1-40H. The van der Waals surface area contributed by atoms with E-state index in [9.17, 15) is 0 Å². The third-order valence-electron chi connectivity index (χ3n) is 11.2. The van der Waals surface area contributed by atoms with E-state index in [1.807, 2.05) is 24.8 Å². The van der Waals surface area contributed by atoms with E-state index in [0.717, 1.165) is 44.5 Å². The summed E-state index contributed by atoms with van der Waals surface area (Å²) < 4.78 is 0. The molecule has 2 aromatic heterocycles. The SMILES string of the molecule is c1ccc(-c2ccc(-c3cccc(-c4cccc(-c5cccc(-c6cc(-c7ccccc7)cc(-c7cc(-c8ccncc8)cc(-c8ccncc8)c7)c6)c5)c4)c3)cc2)cc1. The van der Waals surface area contributed by atoms with Crippen LogP contribution in [0, 0.1) is 0 Å². The molecule has 2 nitrogen and oxygen atoms in total. The highest BCUT2D eigenvalue weighted by atomic mass is 14.6. The smallest absolute Gasteiger partial charge is 0.0273 e. The Kier molecular flexibility index (Phi) is 10.0. The summed E-state index contributed by atoms with van der Waals surface area (Å²) in [6, 6.07) is 78.9. The van der Waals surface area contributed by atoms with Crippen LogP contribution in [0.1, 0.15) is 0 Å². The quantitative estimate of drug-likeness (QED) is 0.146. The van der Waals surface area contributed by atoms with Gasteiger partial charge in [0.2, 0.25) is 0 Å². The van der Waals surface area contributed by atoms with Crippen LogP contribution in [-0.2, 0) is 0 Å². The maximum Gasteiger partial charge on any atom is 0.0273 e. The van der Waals surface area contributed by atoms with Crippen molar-refractivity contribution in [2.24, 2.45) is 0 Å². The maximum atomic E-state index is 4.29. The van der Waals surface area contributed by atoms with Crippen molar-refractivity contribution in [3.8, 4) is 100 Å². The molecule has 0 aliphatic rings. The van der Waals surface area contributed by atoms with Crippen LogP contribution in [0.3, 0.4) is 0 Å². The lowest BCUT2D eigenvalue weighted by molar-refractivity contribution is 1.33. The first-order valence-electron chi connectivity index (χ1n) is 20.3. The number of benzene rings is 8. The van der Waals surface area contributed by atoms with Gasteiger partial charge in [0.15, 0.2) is 0 Å². The zero-order valence-corrected chi connectivity index (χ0v) is 33.0. The Morgan fingerprint density at radius 1 is 0.150 bits per heavy atom. The minimum atomic E-state index is 1.13. The lowest BCUT2D eigenvalue weighted by Gasteiger charge is -2.15. The van der Waals surface area contributed by atoms with Gasteiger partial charge in [-0.2, -0.15) is 0 Å². The second kappa shape index (κ2) is 16.5. The van der Waals surface area contributed by atoms with Crippen LogP contribution in [0.5, 0.6) is 0 Å². The van der Waals surface area contributed by atoms with Crippen LogP contribution in [0.2, 0.25) is 0 Å². The summed E-state index contributed by atoms with van der Waals surface area (Å²) in [7, 11) is 0. The maximum absolute atomic E-state index is 4.29. The van der Waals surface area contributed by atoms with Crippen molar-refractivity contribution >= 4 is 0 Å². The van der Waals surface area contributed by atoms with Crippen molar-refractivity contribution in [2.75, 3.05) is 0 Å². The highest BCUT2D eigenvalue weighted by molar-refractivity contribution is 5.87. The van der Waals surface area contributed by atoms with Gasteiger partial charge in [-0.3, -0.25) is 9.97 Å². The van der Waals surface area contributed by atoms with Crippen LogP contribution in [-0.4, -0.2) is 9.97 Å². The molecule has 10 rings (SSSR count). The summed E-state index contributed by atoms with van der Waals surface area (Å²) in [5.41, 5.74) is 21.1. The van der Waals surface area contributed by atoms with E-state index < -0.39 is 0 Å². The van der Waals surface area contributed by atoms with E-state index in [1.54, 1.807) is 0 Å². The van der Waals surface area contributed by atoms with E-state index in [-0.39, 0.29) is 0 Å². The monoisotopic (exact) mass is 764 g/mol. The number of aromatic nitrogens is 2. The molecule has 0 saturated heterocycles. The second-order valence-electron chi connectivity index (χ2n) is 15.1. The van der Waals surface area contributed by atoms with E-state index in [4.69, 9.17) is 0 Å². The molecule has 282 valence electrons. The largest absolute Gasteiger partial charge is 0.265 e. The molecule has 0 amide bonds. The van der Waals surface area contributed by atoms with Crippen molar-refractivity contribution in [1.82, 2.24) is 9.97 Å². The minimum absolute atomic E-state index is 1.13. The molecule has 10 aromatic rings. The fourth-order valence-electron chi connectivity index (χ4n) is 8.10. The molecule has 2 heteroatoms. The average Bonchev–Trinajstić information content (AvgIpc) is 3.35. The summed E-state index contributed by atoms with van der Waals surface area (Å²) in [6.45, 7) is 0. The molecule has 0 aliphatic heterocycles. The number of rotatable bonds is 9. The summed E-state index contributed by atoms with van der Waals surface area (Å²) in [5, 5.41) is 0. The van der Waals surface area contributed by atoms with Gasteiger partial charge < -0.3 is 0 Å². The van der Waals surface area contributed by atoms with Crippen molar-refractivity contribution < 1.29 is 0 Å². The molecule has 0 atom stereocenters. The predicted octanol–water partition coefficient (Wildman–Crippen LogP) is 15.5. The van der Waals surface area contributed by atoms with Crippen LogP contribution in [0.15, 0.2) is 243 Å². The molecule has 0 saturated carbocycles. The molecule has 8 aromatic carbocycles. The number of hydrogen-bond acceptors (Lipinski definition) is 2. The van der Waals surface area contributed by atoms with Gasteiger partial charge >= 0.3 is 0 Å². The Hall–Kier alpha value is -7.94. The Bertz CT molecular complexity index is 2990. The fraction of sp³-hybridized carbons (Fsp3) is 0. The Labute approximate surface area is 351 Å². The van der Waals surface area contributed by atoms with Crippen molar-refractivity contribution in [2.45, 2.75) is 0 Å². The van der Waals surface area contributed by atoms with E-state index in [0.29, 0.717) is 0 Å². The van der Waals surface area contributed by atoms with Crippen molar-refractivity contribution in [1.29, 1.82) is 0 Å². The van der Waals surface area contributed by atoms with Gasteiger partial charge in [0.05, 0.1) is 0 Å². The molecule has 0 aliphatic carbocycles. The van der Waals surface area contributed by atoms with E-state index >= 15 is 0 Å². The van der Waals surface area contributed by atoms with E-state index in [1.165, 1.54) is 55.6 Å². The van der Waals surface area contributed by atoms with Crippen molar-refractivity contribution in [3.63, 3.8) is 0 Å². The van der Waals surface area contributed by atoms with Crippen LogP contribution >= 0.6 is 0 Å². The lowest BCUT2D eigenvalue weighted by atomic mass is 9.89. The van der Waals surface area contributed by atoms with Gasteiger partial charge in [-0.1, -0.05) is 140 Å². The normalized spacial score (nSPS) is 11.0. The first kappa shape index (κ1) is 36.4. The second-order valence-corrected chi connectivity index (χ2v) is 15.1. The molecule has 0 unspecified atom stereocenters. The van der Waals surface area contributed by atoms with Gasteiger partial charge in [-0.25, -0.2) is 0 Å². The topological polar surface area (TPSA) is 25.8 Å². The predicted molar refractivity (Wildman–Crippen MR) is 251 cm³/mol. The molecule has 0 fully saturated rings. The number of nitrogens with zero attached hydrogens (tertiary/aromatic N) is 2. The summed E-state index contributed by atoms with van der Waals surface area (Å²) in [5.74, 6) is 0.